The van der Waals surface area contributed by atoms with E-state index in [9.17, 15) is 4.79 Å². The molecule has 1 atom stereocenters. The number of aromatic nitrogens is 2. The zero-order valence-electron chi connectivity index (χ0n) is 14.3. The van der Waals surface area contributed by atoms with Crippen molar-refractivity contribution < 1.29 is 4.79 Å². The lowest BCUT2D eigenvalue weighted by Gasteiger charge is -2.35. The standard InChI is InChI=1S/C19H24N4O/c1-3-16-6-4-5-13-23(16)18-12-11-17(21-22-18)19(24)20-15-9-7-14(2)8-10-15/h7-12,16H,3-6,13H2,1-2H3,(H,20,24). The molecule has 3 rings (SSSR count). The van der Waals surface area contributed by atoms with E-state index in [1.54, 1.807) is 6.07 Å². The largest absolute Gasteiger partial charge is 0.352 e. The highest BCUT2D eigenvalue weighted by molar-refractivity contribution is 6.02. The van der Waals surface area contributed by atoms with Crippen LogP contribution >= 0.6 is 0 Å². The third-order valence-electron chi connectivity index (χ3n) is 4.59. The van der Waals surface area contributed by atoms with Crippen LogP contribution in [0, 0.1) is 6.92 Å². The second kappa shape index (κ2) is 7.43. The lowest BCUT2D eigenvalue weighted by molar-refractivity contribution is 0.102. The van der Waals surface area contributed by atoms with Crippen LogP contribution in [-0.4, -0.2) is 28.7 Å². The molecule has 1 aliphatic rings. The van der Waals surface area contributed by atoms with Gasteiger partial charge in [-0.05, 0) is 56.9 Å². The van der Waals surface area contributed by atoms with Crippen molar-refractivity contribution in [2.75, 3.05) is 16.8 Å². The summed E-state index contributed by atoms with van der Waals surface area (Å²) in [6.07, 6.45) is 4.78. The van der Waals surface area contributed by atoms with Crippen LogP contribution in [0.1, 0.15) is 48.7 Å². The van der Waals surface area contributed by atoms with Gasteiger partial charge in [0.15, 0.2) is 11.5 Å². The highest BCUT2D eigenvalue weighted by Crippen LogP contribution is 2.24. The van der Waals surface area contributed by atoms with Crippen molar-refractivity contribution in [1.82, 2.24) is 10.2 Å². The topological polar surface area (TPSA) is 58.1 Å². The lowest BCUT2D eigenvalue weighted by Crippen LogP contribution is -2.39. The van der Waals surface area contributed by atoms with Gasteiger partial charge in [-0.15, -0.1) is 10.2 Å². The Hall–Kier alpha value is -2.43. The summed E-state index contributed by atoms with van der Waals surface area (Å²) in [5, 5.41) is 11.3. The molecule has 2 heterocycles. The Bertz CT molecular complexity index is 682. The van der Waals surface area contributed by atoms with E-state index < -0.39 is 0 Å². The number of rotatable bonds is 4. The average molecular weight is 324 g/mol. The molecule has 1 fully saturated rings. The van der Waals surface area contributed by atoms with Crippen molar-refractivity contribution in [3.05, 3.63) is 47.7 Å². The van der Waals surface area contributed by atoms with Crippen LogP contribution < -0.4 is 10.2 Å². The molecule has 5 heteroatoms. The number of carbonyl (C=O) groups excluding carboxylic acids is 1. The summed E-state index contributed by atoms with van der Waals surface area (Å²) in [5.41, 5.74) is 2.26. The number of benzene rings is 1. The third-order valence-corrected chi connectivity index (χ3v) is 4.59. The maximum absolute atomic E-state index is 12.3. The summed E-state index contributed by atoms with van der Waals surface area (Å²) in [5.74, 6) is 0.636. The number of amides is 1. The fourth-order valence-corrected chi connectivity index (χ4v) is 3.16. The highest BCUT2D eigenvalue weighted by atomic mass is 16.1. The van der Waals surface area contributed by atoms with Gasteiger partial charge in [0.25, 0.3) is 5.91 Å². The lowest BCUT2D eigenvalue weighted by atomic mass is 10.0. The zero-order chi connectivity index (χ0) is 16.9. The van der Waals surface area contributed by atoms with Crippen molar-refractivity contribution in [1.29, 1.82) is 0 Å². The fraction of sp³-hybridized carbons (Fsp3) is 0.421. The summed E-state index contributed by atoms with van der Waals surface area (Å²) < 4.78 is 0. The molecule has 1 aromatic carbocycles. The molecular formula is C19H24N4O. The second-order valence-corrected chi connectivity index (χ2v) is 6.35. The van der Waals surface area contributed by atoms with Gasteiger partial charge in [0.2, 0.25) is 0 Å². The number of nitrogens with one attached hydrogen (secondary N) is 1. The Morgan fingerprint density at radius 3 is 2.62 bits per heavy atom. The smallest absolute Gasteiger partial charge is 0.276 e. The van der Waals surface area contributed by atoms with Gasteiger partial charge in [-0.2, -0.15) is 0 Å². The van der Waals surface area contributed by atoms with Gasteiger partial charge >= 0.3 is 0 Å². The minimum atomic E-state index is -0.233. The molecule has 0 saturated carbocycles. The molecule has 2 aromatic rings. The minimum absolute atomic E-state index is 0.233. The first-order valence-electron chi connectivity index (χ1n) is 8.66. The number of piperidine rings is 1. The Labute approximate surface area is 143 Å². The van der Waals surface area contributed by atoms with Crippen LogP contribution in [0.3, 0.4) is 0 Å². The monoisotopic (exact) mass is 324 g/mol. The molecule has 126 valence electrons. The quantitative estimate of drug-likeness (QED) is 0.929. The molecule has 0 spiro atoms. The van der Waals surface area contributed by atoms with Crippen LogP contribution in [0.15, 0.2) is 36.4 Å². The number of carbonyl (C=O) groups is 1. The van der Waals surface area contributed by atoms with Gasteiger partial charge in [-0.1, -0.05) is 24.6 Å². The normalized spacial score (nSPS) is 17.6. The van der Waals surface area contributed by atoms with Crippen LogP contribution in [0.25, 0.3) is 0 Å². The van der Waals surface area contributed by atoms with Gasteiger partial charge in [0, 0.05) is 18.3 Å². The maximum Gasteiger partial charge on any atom is 0.276 e. The first-order chi connectivity index (χ1) is 11.7. The zero-order valence-corrected chi connectivity index (χ0v) is 14.3. The Morgan fingerprint density at radius 1 is 1.17 bits per heavy atom. The molecule has 1 saturated heterocycles. The summed E-state index contributed by atoms with van der Waals surface area (Å²) in [6.45, 7) is 5.24. The van der Waals surface area contributed by atoms with Gasteiger partial charge < -0.3 is 10.2 Å². The molecule has 0 aliphatic carbocycles. The van der Waals surface area contributed by atoms with Crippen molar-refractivity contribution in [3.63, 3.8) is 0 Å². The van der Waals surface area contributed by atoms with E-state index in [1.165, 1.54) is 19.3 Å². The van der Waals surface area contributed by atoms with Crippen LogP contribution in [0.4, 0.5) is 11.5 Å². The third kappa shape index (κ3) is 3.72. The van der Waals surface area contributed by atoms with Crippen molar-refractivity contribution in [2.45, 2.75) is 45.6 Å². The molecule has 5 nitrogen and oxygen atoms in total. The molecule has 1 amide bonds. The molecule has 1 N–H and O–H groups in total. The first kappa shape index (κ1) is 16.4. The Balaban J connectivity index is 1.69. The Kier molecular flexibility index (Phi) is 5.08. The number of nitrogens with zero attached hydrogens (tertiary/aromatic N) is 3. The number of aryl methyl sites for hydroxylation is 1. The fourth-order valence-electron chi connectivity index (χ4n) is 3.16. The maximum atomic E-state index is 12.3. The molecule has 1 aliphatic heterocycles. The highest BCUT2D eigenvalue weighted by Gasteiger charge is 2.22. The summed E-state index contributed by atoms with van der Waals surface area (Å²) in [6, 6.07) is 11.9. The van der Waals surface area contributed by atoms with Gasteiger partial charge in [-0.3, -0.25) is 4.79 Å². The second-order valence-electron chi connectivity index (χ2n) is 6.35. The van der Waals surface area contributed by atoms with Gasteiger partial charge in [0.1, 0.15) is 0 Å². The average Bonchev–Trinajstić information content (AvgIpc) is 2.63. The van der Waals surface area contributed by atoms with E-state index in [4.69, 9.17) is 0 Å². The number of hydrogen-bond donors (Lipinski definition) is 1. The van der Waals surface area contributed by atoms with E-state index in [0.717, 1.165) is 30.0 Å². The van der Waals surface area contributed by atoms with E-state index in [1.807, 2.05) is 37.3 Å². The summed E-state index contributed by atoms with van der Waals surface area (Å²) >= 11 is 0. The Morgan fingerprint density at radius 2 is 1.96 bits per heavy atom. The van der Waals surface area contributed by atoms with Crippen molar-refractivity contribution in [3.8, 4) is 0 Å². The molecule has 24 heavy (non-hydrogen) atoms. The van der Waals surface area contributed by atoms with Crippen LogP contribution in [0.2, 0.25) is 0 Å². The van der Waals surface area contributed by atoms with E-state index in [2.05, 4.69) is 27.3 Å². The van der Waals surface area contributed by atoms with Crippen LogP contribution in [0.5, 0.6) is 0 Å². The van der Waals surface area contributed by atoms with Gasteiger partial charge in [-0.25, -0.2) is 0 Å². The summed E-state index contributed by atoms with van der Waals surface area (Å²) in [4.78, 5) is 14.6. The van der Waals surface area contributed by atoms with Crippen molar-refractivity contribution >= 4 is 17.4 Å². The molecule has 1 aromatic heterocycles. The van der Waals surface area contributed by atoms with E-state index in [0.29, 0.717) is 11.7 Å². The predicted octanol–water partition coefficient (Wildman–Crippen LogP) is 3.81. The minimum Gasteiger partial charge on any atom is -0.352 e. The molecule has 0 bridgehead atoms. The first-order valence-corrected chi connectivity index (χ1v) is 8.66. The molecular weight excluding hydrogens is 300 g/mol. The molecule has 0 radical (unpaired) electrons. The SMILES string of the molecule is CCC1CCCCN1c1ccc(C(=O)Nc2ccc(C)cc2)nn1. The van der Waals surface area contributed by atoms with E-state index >= 15 is 0 Å². The summed E-state index contributed by atoms with van der Waals surface area (Å²) in [7, 11) is 0. The van der Waals surface area contributed by atoms with E-state index in [-0.39, 0.29) is 5.91 Å². The van der Waals surface area contributed by atoms with Crippen molar-refractivity contribution in [2.24, 2.45) is 0 Å². The molecule has 1 unspecified atom stereocenters. The number of anilines is 2. The number of hydrogen-bond acceptors (Lipinski definition) is 4. The van der Waals surface area contributed by atoms with Gasteiger partial charge in [0.05, 0.1) is 0 Å². The van der Waals surface area contributed by atoms with Crippen LogP contribution in [-0.2, 0) is 0 Å². The predicted molar refractivity (Wildman–Crippen MR) is 96.4 cm³/mol.